The van der Waals surface area contributed by atoms with Gasteiger partial charge in [0.15, 0.2) is 0 Å². The zero-order valence-electron chi connectivity index (χ0n) is 11.0. The van der Waals surface area contributed by atoms with Gasteiger partial charge in [-0.05, 0) is 58.3 Å². The summed E-state index contributed by atoms with van der Waals surface area (Å²) < 4.78 is 5.49. The first-order chi connectivity index (χ1) is 7.83. The fraction of sp³-hybridized carbons (Fsp3) is 1.00. The fourth-order valence-electron chi connectivity index (χ4n) is 2.15. The zero-order chi connectivity index (χ0) is 11.6. The van der Waals surface area contributed by atoms with Crippen molar-refractivity contribution in [3.8, 4) is 0 Å². The fourth-order valence-corrected chi connectivity index (χ4v) is 2.15. The van der Waals surface area contributed by atoms with Crippen LogP contribution in [0.25, 0.3) is 0 Å². The summed E-state index contributed by atoms with van der Waals surface area (Å²) in [4.78, 5) is 2.40. The van der Waals surface area contributed by atoms with Gasteiger partial charge in [-0.2, -0.15) is 0 Å². The highest BCUT2D eigenvalue weighted by Crippen LogP contribution is 2.15. The van der Waals surface area contributed by atoms with Crippen LogP contribution in [0.2, 0.25) is 0 Å². The molecule has 3 heteroatoms. The van der Waals surface area contributed by atoms with Crippen molar-refractivity contribution in [1.82, 2.24) is 10.2 Å². The second-order valence-corrected chi connectivity index (χ2v) is 4.90. The van der Waals surface area contributed by atoms with Gasteiger partial charge in [0.2, 0.25) is 0 Å². The summed E-state index contributed by atoms with van der Waals surface area (Å²) >= 11 is 0. The number of hydrogen-bond acceptors (Lipinski definition) is 3. The van der Waals surface area contributed by atoms with Gasteiger partial charge in [0.1, 0.15) is 0 Å². The molecule has 16 heavy (non-hydrogen) atoms. The van der Waals surface area contributed by atoms with Crippen LogP contribution in [0.3, 0.4) is 0 Å². The van der Waals surface area contributed by atoms with Crippen LogP contribution < -0.4 is 5.32 Å². The summed E-state index contributed by atoms with van der Waals surface area (Å²) in [5, 5.41) is 3.42. The van der Waals surface area contributed by atoms with E-state index in [0.717, 1.165) is 32.1 Å². The molecule has 1 rings (SSSR count). The molecule has 96 valence electrons. The average molecular weight is 228 g/mol. The molecule has 0 spiro atoms. The number of ether oxygens (including phenoxy) is 1. The number of nitrogens with zero attached hydrogens (tertiary/aromatic N) is 1. The highest BCUT2D eigenvalue weighted by Gasteiger charge is 2.13. The molecular formula is C13H28N2O. The number of likely N-dealkylation sites (N-methyl/N-ethyl adjacent to an activating group) is 1. The highest BCUT2D eigenvalue weighted by atomic mass is 16.5. The van der Waals surface area contributed by atoms with Gasteiger partial charge in [-0.3, -0.25) is 0 Å². The van der Waals surface area contributed by atoms with Crippen LogP contribution in [-0.2, 0) is 4.74 Å². The Labute approximate surface area is 101 Å². The molecule has 0 bridgehead atoms. The third-order valence-corrected chi connectivity index (χ3v) is 3.34. The lowest BCUT2D eigenvalue weighted by atomic mass is 9.94. The molecule has 3 nitrogen and oxygen atoms in total. The molecule has 1 aliphatic rings. The summed E-state index contributed by atoms with van der Waals surface area (Å²) in [7, 11) is 2.20. The summed E-state index contributed by atoms with van der Waals surface area (Å²) in [5.74, 6) is 0.945. The Morgan fingerprint density at radius 2 is 1.94 bits per heavy atom. The van der Waals surface area contributed by atoms with E-state index in [9.17, 15) is 0 Å². The van der Waals surface area contributed by atoms with Gasteiger partial charge in [0.05, 0.1) is 6.61 Å². The summed E-state index contributed by atoms with van der Waals surface area (Å²) in [6.07, 6.45) is 5.20. The van der Waals surface area contributed by atoms with Crippen LogP contribution in [-0.4, -0.2) is 51.3 Å². The van der Waals surface area contributed by atoms with E-state index in [1.807, 2.05) is 0 Å². The summed E-state index contributed by atoms with van der Waals surface area (Å²) in [5.41, 5.74) is 0. The molecule has 0 aromatic carbocycles. The van der Waals surface area contributed by atoms with Crippen LogP contribution >= 0.6 is 0 Å². The van der Waals surface area contributed by atoms with E-state index in [-0.39, 0.29) is 0 Å². The van der Waals surface area contributed by atoms with E-state index in [2.05, 4.69) is 24.2 Å². The smallest absolute Gasteiger partial charge is 0.0593 e. The first kappa shape index (κ1) is 13.9. The molecule has 0 aromatic heterocycles. The predicted octanol–water partition coefficient (Wildman–Crippen LogP) is 1.73. The summed E-state index contributed by atoms with van der Waals surface area (Å²) in [6, 6.07) is 0. The van der Waals surface area contributed by atoms with E-state index >= 15 is 0 Å². The minimum Gasteiger partial charge on any atom is -0.380 e. The maximum Gasteiger partial charge on any atom is 0.0593 e. The van der Waals surface area contributed by atoms with Crippen molar-refractivity contribution >= 4 is 0 Å². The van der Waals surface area contributed by atoms with Crippen LogP contribution in [0.5, 0.6) is 0 Å². The van der Waals surface area contributed by atoms with E-state index < -0.39 is 0 Å². The van der Waals surface area contributed by atoms with Crippen LogP contribution in [0.1, 0.15) is 32.6 Å². The number of hydrogen-bond donors (Lipinski definition) is 1. The Morgan fingerprint density at radius 1 is 1.19 bits per heavy atom. The van der Waals surface area contributed by atoms with E-state index in [0.29, 0.717) is 0 Å². The van der Waals surface area contributed by atoms with Crippen molar-refractivity contribution in [3.63, 3.8) is 0 Å². The molecule has 0 unspecified atom stereocenters. The molecule has 0 aromatic rings. The average Bonchev–Trinajstić information content (AvgIpc) is 2.33. The highest BCUT2D eigenvalue weighted by molar-refractivity contribution is 4.69. The first-order valence-corrected chi connectivity index (χ1v) is 6.80. The lowest BCUT2D eigenvalue weighted by Gasteiger charge is -2.25. The Kier molecular flexibility index (Phi) is 7.81. The topological polar surface area (TPSA) is 24.5 Å². The van der Waals surface area contributed by atoms with Crippen LogP contribution in [0.15, 0.2) is 0 Å². The van der Waals surface area contributed by atoms with Crippen molar-refractivity contribution in [2.75, 3.05) is 46.4 Å². The van der Waals surface area contributed by atoms with Gasteiger partial charge in [-0.1, -0.05) is 6.92 Å². The number of rotatable bonds is 8. The summed E-state index contributed by atoms with van der Waals surface area (Å²) in [6.45, 7) is 8.67. The molecule has 1 fully saturated rings. The molecule has 1 N–H and O–H groups in total. The second-order valence-electron chi connectivity index (χ2n) is 4.90. The molecular weight excluding hydrogens is 200 g/mol. The largest absolute Gasteiger partial charge is 0.380 e. The molecule has 0 atom stereocenters. The molecule has 0 aliphatic carbocycles. The van der Waals surface area contributed by atoms with Gasteiger partial charge in [0, 0.05) is 13.2 Å². The van der Waals surface area contributed by atoms with Crippen molar-refractivity contribution < 1.29 is 4.74 Å². The van der Waals surface area contributed by atoms with E-state index in [4.69, 9.17) is 4.74 Å². The Hall–Kier alpha value is -0.120. The SMILES string of the molecule is CCCOCCN(C)CCC1CCNCC1. The Balaban J connectivity index is 1.94. The van der Waals surface area contributed by atoms with Crippen LogP contribution in [0.4, 0.5) is 0 Å². The third kappa shape index (κ3) is 6.46. The van der Waals surface area contributed by atoms with Gasteiger partial charge in [-0.15, -0.1) is 0 Å². The maximum atomic E-state index is 5.49. The molecule has 1 saturated heterocycles. The normalized spacial score (nSPS) is 18.2. The van der Waals surface area contributed by atoms with Crippen molar-refractivity contribution in [2.45, 2.75) is 32.6 Å². The van der Waals surface area contributed by atoms with E-state index in [1.165, 1.54) is 38.9 Å². The monoisotopic (exact) mass is 228 g/mol. The van der Waals surface area contributed by atoms with Crippen molar-refractivity contribution in [1.29, 1.82) is 0 Å². The van der Waals surface area contributed by atoms with Crippen molar-refractivity contribution in [3.05, 3.63) is 0 Å². The zero-order valence-corrected chi connectivity index (χ0v) is 11.0. The molecule has 0 saturated carbocycles. The molecule has 1 heterocycles. The standard InChI is InChI=1S/C13H28N2O/c1-3-11-16-12-10-15(2)9-6-13-4-7-14-8-5-13/h13-14H,3-12H2,1-2H3. The van der Waals surface area contributed by atoms with Gasteiger partial charge >= 0.3 is 0 Å². The first-order valence-electron chi connectivity index (χ1n) is 6.80. The van der Waals surface area contributed by atoms with Gasteiger partial charge in [0.25, 0.3) is 0 Å². The maximum absolute atomic E-state index is 5.49. The van der Waals surface area contributed by atoms with Crippen molar-refractivity contribution in [2.24, 2.45) is 5.92 Å². The lowest BCUT2D eigenvalue weighted by molar-refractivity contribution is 0.109. The quantitative estimate of drug-likeness (QED) is 0.640. The Bertz CT molecular complexity index is 158. The van der Waals surface area contributed by atoms with Gasteiger partial charge < -0.3 is 15.0 Å². The van der Waals surface area contributed by atoms with Crippen LogP contribution in [0, 0.1) is 5.92 Å². The van der Waals surface area contributed by atoms with Gasteiger partial charge in [-0.25, -0.2) is 0 Å². The third-order valence-electron chi connectivity index (χ3n) is 3.34. The lowest BCUT2D eigenvalue weighted by Crippen LogP contribution is -2.31. The minimum atomic E-state index is 0.885. The number of piperidine rings is 1. The molecule has 0 radical (unpaired) electrons. The molecule has 1 aliphatic heterocycles. The predicted molar refractivity (Wildman–Crippen MR) is 68.8 cm³/mol. The Morgan fingerprint density at radius 3 is 2.62 bits per heavy atom. The second kappa shape index (κ2) is 8.97. The van der Waals surface area contributed by atoms with E-state index in [1.54, 1.807) is 0 Å². The molecule has 0 amide bonds. The minimum absolute atomic E-state index is 0.885. The number of nitrogens with one attached hydrogen (secondary N) is 1.